The van der Waals surface area contributed by atoms with E-state index in [2.05, 4.69) is 12.2 Å². The third-order valence-corrected chi connectivity index (χ3v) is 3.77. The molecule has 2 rings (SSSR count). The molecule has 0 bridgehead atoms. The number of Topliss-reactive ketones (excluding diaryl/α,β-unsaturated/α-hetero) is 1. The molecule has 2 nitrogen and oxygen atoms in total. The molecule has 98 valence electrons. The number of carbonyl (C=O) groups is 1. The summed E-state index contributed by atoms with van der Waals surface area (Å²) in [5.41, 5.74) is 0.522. The van der Waals surface area contributed by atoms with Crippen LogP contribution in [-0.4, -0.2) is 18.4 Å². The van der Waals surface area contributed by atoms with Crippen LogP contribution in [0.25, 0.3) is 0 Å². The number of hydrogen-bond acceptors (Lipinski definition) is 2. The fourth-order valence-corrected chi connectivity index (χ4v) is 2.58. The van der Waals surface area contributed by atoms with Gasteiger partial charge in [-0.05, 0) is 37.4 Å². The number of nitrogens with one attached hydrogen (secondary N) is 1. The van der Waals surface area contributed by atoms with Crippen LogP contribution in [0.4, 0.5) is 4.39 Å². The van der Waals surface area contributed by atoms with Crippen molar-refractivity contribution in [3.05, 3.63) is 35.6 Å². The van der Waals surface area contributed by atoms with Gasteiger partial charge in [0.1, 0.15) is 11.6 Å². The molecule has 1 fully saturated rings. The van der Waals surface area contributed by atoms with Crippen LogP contribution in [0.1, 0.15) is 31.7 Å². The summed E-state index contributed by atoms with van der Waals surface area (Å²) in [5.74, 6) is 0.00248. The average molecular weight is 249 g/mol. The second-order valence-corrected chi connectivity index (χ2v) is 5.02. The highest BCUT2D eigenvalue weighted by Gasteiger charge is 2.26. The Morgan fingerprint density at radius 1 is 1.44 bits per heavy atom. The van der Waals surface area contributed by atoms with Gasteiger partial charge >= 0.3 is 0 Å². The minimum atomic E-state index is -0.271. The molecule has 18 heavy (non-hydrogen) atoms. The monoisotopic (exact) mass is 249 g/mol. The van der Waals surface area contributed by atoms with Gasteiger partial charge in [0.05, 0.1) is 0 Å². The summed E-state index contributed by atoms with van der Waals surface area (Å²) < 4.78 is 13.5. The average Bonchev–Trinajstić information content (AvgIpc) is 2.41. The van der Waals surface area contributed by atoms with Gasteiger partial charge in [0.15, 0.2) is 0 Å². The van der Waals surface area contributed by atoms with Crippen LogP contribution in [0, 0.1) is 11.7 Å². The first-order valence-corrected chi connectivity index (χ1v) is 6.70. The lowest BCUT2D eigenvalue weighted by molar-refractivity contribution is -0.123. The van der Waals surface area contributed by atoms with Crippen molar-refractivity contribution in [3.8, 4) is 0 Å². The Hall–Kier alpha value is -1.22. The van der Waals surface area contributed by atoms with E-state index in [0.717, 1.165) is 25.8 Å². The third kappa shape index (κ3) is 3.16. The first-order chi connectivity index (χ1) is 8.70. The van der Waals surface area contributed by atoms with Gasteiger partial charge in [0.25, 0.3) is 0 Å². The van der Waals surface area contributed by atoms with Gasteiger partial charge in [-0.2, -0.15) is 0 Å². The van der Waals surface area contributed by atoms with Gasteiger partial charge in [-0.25, -0.2) is 4.39 Å². The lowest BCUT2D eigenvalue weighted by Gasteiger charge is -2.28. The first-order valence-electron chi connectivity index (χ1n) is 6.70. The first kappa shape index (κ1) is 13.2. The number of hydrogen-bond donors (Lipinski definition) is 1. The second-order valence-electron chi connectivity index (χ2n) is 5.02. The molecule has 0 spiro atoms. The fourth-order valence-electron chi connectivity index (χ4n) is 2.58. The molecule has 3 heteroatoms. The Labute approximate surface area is 108 Å². The molecule has 0 unspecified atom stereocenters. The number of halogens is 1. The SMILES string of the molecule is CC[C@H]1C[C@H](C(=O)Cc2ccccc2F)CCN1. The Bertz CT molecular complexity index is 419. The molecule has 0 amide bonds. The van der Waals surface area contributed by atoms with E-state index in [9.17, 15) is 9.18 Å². The summed E-state index contributed by atoms with van der Waals surface area (Å²) in [6.45, 7) is 3.02. The van der Waals surface area contributed by atoms with E-state index >= 15 is 0 Å². The summed E-state index contributed by atoms with van der Waals surface area (Å²) in [6, 6.07) is 6.99. The zero-order valence-electron chi connectivity index (χ0n) is 10.8. The molecule has 1 aromatic rings. The summed E-state index contributed by atoms with van der Waals surface area (Å²) in [7, 11) is 0. The summed E-state index contributed by atoms with van der Waals surface area (Å²) in [5, 5.41) is 3.40. The van der Waals surface area contributed by atoms with Crippen LogP contribution in [0.3, 0.4) is 0 Å². The highest BCUT2D eigenvalue weighted by Crippen LogP contribution is 2.21. The van der Waals surface area contributed by atoms with E-state index in [1.54, 1.807) is 18.2 Å². The quantitative estimate of drug-likeness (QED) is 0.889. The van der Waals surface area contributed by atoms with Crippen molar-refractivity contribution in [1.29, 1.82) is 0 Å². The maximum atomic E-state index is 13.5. The lowest BCUT2D eigenvalue weighted by atomic mass is 9.85. The molecule has 1 aromatic carbocycles. The maximum absolute atomic E-state index is 13.5. The molecule has 0 aliphatic carbocycles. The minimum absolute atomic E-state index is 0.0933. The van der Waals surface area contributed by atoms with Crippen molar-refractivity contribution < 1.29 is 9.18 Å². The molecular weight excluding hydrogens is 229 g/mol. The molecule has 0 aromatic heterocycles. The van der Waals surface area contributed by atoms with Crippen molar-refractivity contribution in [1.82, 2.24) is 5.32 Å². The van der Waals surface area contributed by atoms with Gasteiger partial charge in [0.2, 0.25) is 0 Å². The van der Waals surface area contributed by atoms with Gasteiger partial charge in [-0.3, -0.25) is 4.79 Å². The van der Waals surface area contributed by atoms with Gasteiger partial charge in [-0.15, -0.1) is 0 Å². The number of rotatable bonds is 4. The van der Waals surface area contributed by atoms with Crippen LogP contribution >= 0.6 is 0 Å². The van der Waals surface area contributed by atoms with Gasteiger partial charge in [-0.1, -0.05) is 25.1 Å². The Balaban J connectivity index is 1.97. The molecule has 0 saturated carbocycles. The predicted molar refractivity (Wildman–Crippen MR) is 69.9 cm³/mol. The Morgan fingerprint density at radius 2 is 2.22 bits per heavy atom. The predicted octanol–water partition coefficient (Wildman–Crippen LogP) is 2.72. The molecule has 1 aliphatic rings. The molecule has 2 atom stereocenters. The van der Waals surface area contributed by atoms with Crippen molar-refractivity contribution in [2.75, 3.05) is 6.54 Å². The summed E-state index contributed by atoms with van der Waals surface area (Å²) >= 11 is 0. The molecule has 1 aliphatic heterocycles. The molecule has 1 saturated heterocycles. The van der Waals surface area contributed by atoms with Crippen molar-refractivity contribution >= 4 is 5.78 Å². The number of ketones is 1. The summed E-state index contributed by atoms with van der Waals surface area (Å²) in [4.78, 5) is 12.2. The molecule has 0 radical (unpaired) electrons. The van der Waals surface area contributed by atoms with E-state index < -0.39 is 0 Å². The number of piperidine rings is 1. The van der Waals surface area contributed by atoms with Crippen LogP contribution in [0.15, 0.2) is 24.3 Å². The van der Waals surface area contributed by atoms with E-state index in [1.165, 1.54) is 6.07 Å². The topological polar surface area (TPSA) is 29.1 Å². The van der Waals surface area contributed by atoms with Crippen LogP contribution in [0.5, 0.6) is 0 Å². The van der Waals surface area contributed by atoms with E-state index in [1.807, 2.05) is 0 Å². The van der Waals surface area contributed by atoms with Crippen molar-refractivity contribution in [2.45, 2.75) is 38.6 Å². The van der Waals surface area contributed by atoms with Gasteiger partial charge in [0, 0.05) is 18.4 Å². The maximum Gasteiger partial charge on any atom is 0.140 e. The highest BCUT2D eigenvalue weighted by atomic mass is 19.1. The fraction of sp³-hybridized carbons (Fsp3) is 0.533. The lowest BCUT2D eigenvalue weighted by Crippen LogP contribution is -2.40. The van der Waals surface area contributed by atoms with Crippen molar-refractivity contribution in [2.24, 2.45) is 5.92 Å². The standard InChI is InChI=1S/C15H20FNO/c1-2-13-9-12(7-8-17-13)15(18)10-11-5-3-4-6-14(11)16/h3-6,12-13,17H,2,7-10H2,1H3/t12-,13+/m1/s1. The van der Waals surface area contributed by atoms with E-state index in [4.69, 9.17) is 0 Å². The molecule has 1 N–H and O–H groups in total. The van der Waals surface area contributed by atoms with Gasteiger partial charge < -0.3 is 5.32 Å². The Morgan fingerprint density at radius 3 is 2.94 bits per heavy atom. The third-order valence-electron chi connectivity index (χ3n) is 3.77. The second kappa shape index (κ2) is 6.10. The van der Waals surface area contributed by atoms with E-state index in [-0.39, 0.29) is 23.9 Å². The molecule has 1 heterocycles. The highest BCUT2D eigenvalue weighted by molar-refractivity contribution is 5.83. The largest absolute Gasteiger partial charge is 0.314 e. The number of benzene rings is 1. The minimum Gasteiger partial charge on any atom is -0.314 e. The van der Waals surface area contributed by atoms with Crippen LogP contribution < -0.4 is 5.32 Å². The van der Waals surface area contributed by atoms with E-state index in [0.29, 0.717) is 11.6 Å². The van der Waals surface area contributed by atoms with Crippen LogP contribution in [-0.2, 0) is 11.2 Å². The smallest absolute Gasteiger partial charge is 0.140 e. The molecular formula is C15H20FNO. The van der Waals surface area contributed by atoms with Crippen LogP contribution in [0.2, 0.25) is 0 Å². The normalized spacial score (nSPS) is 23.9. The zero-order chi connectivity index (χ0) is 13.0. The van der Waals surface area contributed by atoms with Crippen molar-refractivity contribution in [3.63, 3.8) is 0 Å². The zero-order valence-corrected chi connectivity index (χ0v) is 10.8. The summed E-state index contributed by atoms with van der Waals surface area (Å²) in [6.07, 6.45) is 3.05. The number of carbonyl (C=O) groups excluding carboxylic acids is 1. The Kier molecular flexibility index (Phi) is 4.48.